The standard InChI is InChI=1S/C6H2O4/c7-3-1-4(8)6(10)2-5(3)9/h1-2H. The van der Waals surface area contributed by atoms with Gasteiger partial charge in [0.05, 0.1) is 0 Å². The number of rotatable bonds is 0. The molecule has 2 radical (unpaired) electrons. The molecular weight excluding hydrogens is 136 g/mol. The van der Waals surface area contributed by atoms with Crippen LogP contribution in [-0.2, 0) is 19.8 Å². The van der Waals surface area contributed by atoms with Gasteiger partial charge in [-0.25, -0.2) is 0 Å². The molecule has 0 atom stereocenters. The number of ketones is 2. The topological polar surface area (TPSA) is 73.9 Å². The largest absolute Gasteiger partial charge is 0.285 e. The third-order valence-electron chi connectivity index (χ3n) is 1.01. The monoisotopic (exact) mass is 138 g/mol. The molecule has 0 amide bonds. The van der Waals surface area contributed by atoms with Gasteiger partial charge in [-0.3, -0.25) is 19.8 Å². The summed E-state index contributed by atoms with van der Waals surface area (Å²) in [6.07, 6.45) is 1.01. The normalized spacial score (nSPS) is 18.4. The van der Waals surface area contributed by atoms with E-state index in [1.54, 1.807) is 0 Å². The lowest BCUT2D eigenvalue weighted by atomic mass is 10.1. The first-order valence-electron chi connectivity index (χ1n) is 2.47. The van der Waals surface area contributed by atoms with Crippen LogP contribution >= 0.6 is 0 Å². The van der Waals surface area contributed by atoms with Crippen molar-refractivity contribution < 1.29 is 19.8 Å². The minimum atomic E-state index is -0.926. The highest BCUT2D eigenvalue weighted by Crippen LogP contribution is 2.07. The Labute approximate surface area is 56.1 Å². The van der Waals surface area contributed by atoms with Crippen molar-refractivity contribution >= 4 is 11.6 Å². The molecule has 0 aliphatic heterocycles. The maximum atomic E-state index is 10.3. The molecule has 4 nitrogen and oxygen atoms in total. The van der Waals surface area contributed by atoms with Gasteiger partial charge in [0.1, 0.15) is 0 Å². The molecule has 1 aliphatic rings. The Hall–Kier alpha value is -1.58. The second-order valence-electron chi connectivity index (χ2n) is 1.75. The minimum absolute atomic E-state index is 0.505. The van der Waals surface area contributed by atoms with Gasteiger partial charge in [-0.2, -0.15) is 0 Å². The summed E-state index contributed by atoms with van der Waals surface area (Å²) < 4.78 is 0. The molecule has 0 saturated heterocycles. The zero-order chi connectivity index (χ0) is 7.72. The van der Waals surface area contributed by atoms with Gasteiger partial charge in [0.25, 0.3) is 0 Å². The van der Waals surface area contributed by atoms with Crippen molar-refractivity contribution in [3.8, 4) is 0 Å². The molecule has 0 heterocycles. The predicted molar refractivity (Wildman–Crippen MR) is 27.6 cm³/mol. The van der Waals surface area contributed by atoms with Crippen molar-refractivity contribution in [1.29, 1.82) is 0 Å². The fourth-order valence-corrected chi connectivity index (χ4v) is 0.523. The van der Waals surface area contributed by atoms with Gasteiger partial charge in [-0.05, 0) is 0 Å². The molecule has 10 heavy (non-hydrogen) atoms. The Kier molecular flexibility index (Phi) is 1.30. The summed E-state index contributed by atoms with van der Waals surface area (Å²) in [4.78, 5) is 20.7. The van der Waals surface area contributed by atoms with E-state index in [0.29, 0.717) is 12.2 Å². The van der Waals surface area contributed by atoms with E-state index >= 15 is 0 Å². The van der Waals surface area contributed by atoms with E-state index in [1.165, 1.54) is 0 Å². The molecule has 0 aromatic carbocycles. The van der Waals surface area contributed by atoms with Crippen molar-refractivity contribution in [1.82, 2.24) is 0 Å². The van der Waals surface area contributed by atoms with E-state index in [-0.39, 0.29) is 0 Å². The van der Waals surface area contributed by atoms with E-state index in [0.717, 1.165) is 0 Å². The summed E-state index contributed by atoms with van der Waals surface area (Å²) in [7, 11) is 0. The van der Waals surface area contributed by atoms with Crippen LogP contribution in [0.1, 0.15) is 0 Å². The number of carbonyl (C=O) groups is 2. The molecule has 0 bridgehead atoms. The molecule has 0 saturated carbocycles. The number of hydrogen-bond acceptors (Lipinski definition) is 2. The zero-order valence-corrected chi connectivity index (χ0v) is 4.79. The second kappa shape index (κ2) is 1.98. The number of allylic oxidation sites excluding steroid dienone is 2. The van der Waals surface area contributed by atoms with Gasteiger partial charge in [-0.15, -0.1) is 0 Å². The van der Waals surface area contributed by atoms with E-state index in [2.05, 4.69) is 0 Å². The van der Waals surface area contributed by atoms with Crippen LogP contribution in [0.3, 0.4) is 0 Å². The number of hydrogen-bond donors (Lipinski definition) is 0. The van der Waals surface area contributed by atoms with Gasteiger partial charge < -0.3 is 0 Å². The van der Waals surface area contributed by atoms with E-state index in [4.69, 9.17) is 0 Å². The lowest BCUT2D eigenvalue weighted by Crippen LogP contribution is -2.10. The Morgan fingerprint density at radius 1 is 0.800 bits per heavy atom. The van der Waals surface area contributed by atoms with Crippen molar-refractivity contribution in [2.24, 2.45) is 0 Å². The Balaban J connectivity index is 3.03. The molecular formula is C6H2O4. The molecule has 0 unspecified atom stereocenters. The average Bonchev–Trinajstić information content (AvgIpc) is 1.84. The summed E-state index contributed by atoms with van der Waals surface area (Å²) in [6, 6.07) is 0. The minimum Gasteiger partial charge on any atom is -0.285 e. The van der Waals surface area contributed by atoms with Crippen LogP contribution in [-0.4, -0.2) is 11.6 Å². The maximum absolute atomic E-state index is 10.3. The number of carbonyl (C=O) groups excluding carboxylic acids is 2. The van der Waals surface area contributed by atoms with Crippen LogP contribution in [0.25, 0.3) is 0 Å². The van der Waals surface area contributed by atoms with Crippen LogP contribution < -0.4 is 0 Å². The summed E-state index contributed by atoms with van der Waals surface area (Å²) >= 11 is 0. The summed E-state index contributed by atoms with van der Waals surface area (Å²) in [6.45, 7) is 0. The van der Waals surface area contributed by atoms with Crippen molar-refractivity contribution in [3.05, 3.63) is 23.7 Å². The second-order valence-corrected chi connectivity index (χ2v) is 1.75. The third kappa shape index (κ3) is 0.907. The molecule has 0 aromatic rings. The molecule has 0 spiro atoms. The van der Waals surface area contributed by atoms with Gasteiger partial charge >= 0.3 is 0 Å². The third-order valence-corrected chi connectivity index (χ3v) is 1.01. The lowest BCUT2D eigenvalue weighted by molar-refractivity contribution is -0.119. The van der Waals surface area contributed by atoms with E-state index in [9.17, 15) is 19.8 Å². The predicted octanol–water partition coefficient (Wildman–Crippen LogP) is -0.233. The van der Waals surface area contributed by atoms with E-state index in [1.807, 2.05) is 0 Å². The van der Waals surface area contributed by atoms with Crippen LogP contribution in [0.2, 0.25) is 0 Å². The first kappa shape index (κ1) is 6.54. The Morgan fingerprint density at radius 3 is 1.40 bits per heavy atom. The highest BCUT2D eigenvalue weighted by molar-refractivity contribution is 6.17. The van der Waals surface area contributed by atoms with Crippen LogP contribution in [0.4, 0.5) is 0 Å². The summed E-state index contributed by atoms with van der Waals surface area (Å²) in [5.41, 5.74) is 0. The quantitative estimate of drug-likeness (QED) is 0.433. The lowest BCUT2D eigenvalue weighted by Gasteiger charge is -1.95. The molecule has 1 aliphatic carbocycles. The zero-order valence-electron chi connectivity index (χ0n) is 4.79. The molecule has 0 fully saturated rings. The van der Waals surface area contributed by atoms with Crippen LogP contribution in [0, 0.1) is 0 Å². The van der Waals surface area contributed by atoms with Crippen molar-refractivity contribution in [2.75, 3.05) is 0 Å². The van der Waals surface area contributed by atoms with Gasteiger partial charge in [0.2, 0.25) is 23.1 Å². The van der Waals surface area contributed by atoms with Crippen molar-refractivity contribution in [3.63, 3.8) is 0 Å². The Morgan fingerprint density at radius 2 is 1.10 bits per heavy atom. The fourth-order valence-electron chi connectivity index (χ4n) is 0.523. The maximum Gasteiger partial charge on any atom is 0.229 e. The molecule has 4 heteroatoms. The highest BCUT2D eigenvalue weighted by atomic mass is 16.3. The molecule has 50 valence electrons. The Bertz CT molecular complexity index is 231. The average molecular weight is 138 g/mol. The van der Waals surface area contributed by atoms with E-state index < -0.39 is 23.1 Å². The van der Waals surface area contributed by atoms with Gasteiger partial charge in [-0.1, -0.05) is 0 Å². The van der Waals surface area contributed by atoms with Crippen LogP contribution in [0.5, 0.6) is 0 Å². The van der Waals surface area contributed by atoms with Gasteiger partial charge in [0.15, 0.2) is 0 Å². The first-order chi connectivity index (χ1) is 4.61. The highest BCUT2D eigenvalue weighted by Gasteiger charge is 2.21. The molecule has 1 rings (SSSR count). The summed E-state index contributed by atoms with van der Waals surface area (Å²) in [5.74, 6) is -3.71. The molecule has 0 N–H and O–H groups in total. The van der Waals surface area contributed by atoms with Gasteiger partial charge in [0, 0.05) is 12.2 Å². The first-order valence-corrected chi connectivity index (χ1v) is 2.47. The molecule has 0 aromatic heterocycles. The SMILES string of the molecule is [O]C1=CC(=O)C([O])=CC1=O. The van der Waals surface area contributed by atoms with Crippen molar-refractivity contribution in [2.45, 2.75) is 0 Å². The summed E-state index contributed by atoms with van der Waals surface area (Å²) in [5, 5.41) is 20.7. The fraction of sp³-hybridized carbons (Fsp3) is 0. The van der Waals surface area contributed by atoms with Crippen LogP contribution in [0.15, 0.2) is 23.7 Å². The smallest absolute Gasteiger partial charge is 0.229 e.